The van der Waals surface area contributed by atoms with Gasteiger partial charge in [-0.2, -0.15) is 0 Å². The highest BCUT2D eigenvalue weighted by Crippen LogP contribution is 2.30. The van der Waals surface area contributed by atoms with Crippen LogP contribution in [0.4, 0.5) is 11.4 Å². The third-order valence-electron chi connectivity index (χ3n) is 7.03. The summed E-state index contributed by atoms with van der Waals surface area (Å²) >= 11 is 0. The minimum absolute atomic E-state index is 0.0566. The highest BCUT2D eigenvalue weighted by molar-refractivity contribution is 6.07. The molecule has 1 N–H and O–H groups in total. The van der Waals surface area contributed by atoms with E-state index in [9.17, 15) is 9.59 Å². The second kappa shape index (κ2) is 9.65. The number of fused-ring (bicyclic) bond motifs is 1. The van der Waals surface area contributed by atoms with Crippen LogP contribution in [0.2, 0.25) is 0 Å². The predicted molar refractivity (Wildman–Crippen MR) is 134 cm³/mol. The van der Waals surface area contributed by atoms with Crippen molar-refractivity contribution in [3.05, 3.63) is 72.3 Å². The first-order chi connectivity index (χ1) is 16.2. The number of carbonyl (C=O) groups excluding carboxylic acids is 2. The zero-order valence-corrected chi connectivity index (χ0v) is 19.0. The summed E-state index contributed by atoms with van der Waals surface area (Å²) < 4.78 is 0. The van der Waals surface area contributed by atoms with Gasteiger partial charge in [0.2, 0.25) is 5.91 Å². The molecule has 33 heavy (non-hydrogen) atoms. The number of carbonyl (C=O) groups is 2. The first kappa shape index (κ1) is 21.5. The molecule has 5 rings (SSSR count). The molecule has 3 aromatic rings. The zero-order valence-electron chi connectivity index (χ0n) is 19.0. The first-order valence-electron chi connectivity index (χ1n) is 12.1. The summed E-state index contributed by atoms with van der Waals surface area (Å²) in [6.45, 7) is 3.30. The van der Waals surface area contributed by atoms with Crippen LogP contribution >= 0.6 is 0 Å². The van der Waals surface area contributed by atoms with Crippen LogP contribution in [-0.2, 0) is 4.79 Å². The van der Waals surface area contributed by atoms with Crippen LogP contribution < -0.4 is 10.2 Å². The second-order valence-corrected chi connectivity index (χ2v) is 9.15. The van der Waals surface area contributed by atoms with Crippen molar-refractivity contribution >= 4 is 34.0 Å². The molecule has 2 aliphatic rings. The van der Waals surface area contributed by atoms with Gasteiger partial charge in [0.25, 0.3) is 5.91 Å². The maximum atomic E-state index is 13.2. The monoisotopic (exact) mass is 441 g/mol. The SMILES string of the molecule is O=C(Nc1ccccc1N1CCCCC1)C1CCN(C(=O)c2cccc3ccccc23)CC1. The molecule has 0 radical (unpaired) electrons. The number of benzene rings is 3. The molecule has 0 spiro atoms. The summed E-state index contributed by atoms with van der Waals surface area (Å²) in [6.07, 6.45) is 5.06. The Bertz CT molecular complexity index is 1140. The van der Waals surface area contributed by atoms with Crippen LogP contribution in [0.25, 0.3) is 10.8 Å². The lowest BCUT2D eigenvalue weighted by atomic mass is 9.94. The van der Waals surface area contributed by atoms with E-state index in [-0.39, 0.29) is 17.7 Å². The third kappa shape index (κ3) is 4.58. The number of para-hydroxylation sites is 2. The highest BCUT2D eigenvalue weighted by atomic mass is 16.2. The molecule has 0 unspecified atom stereocenters. The number of rotatable bonds is 4. The lowest BCUT2D eigenvalue weighted by Crippen LogP contribution is -2.41. The molecule has 3 aromatic carbocycles. The Labute approximate surface area is 195 Å². The molecular weight excluding hydrogens is 410 g/mol. The maximum Gasteiger partial charge on any atom is 0.254 e. The van der Waals surface area contributed by atoms with Crippen molar-refractivity contribution in [1.82, 2.24) is 4.90 Å². The summed E-state index contributed by atoms with van der Waals surface area (Å²) in [5.74, 6) is 0.0498. The topological polar surface area (TPSA) is 52.7 Å². The molecule has 0 saturated carbocycles. The molecule has 0 atom stereocenters. The van der Waals surface area contributed by atoms with Crippen molar-refractivity contribution in [1.29, 1.82) is 0 Å². The lowest BCUT2D eigenvalue weighted by molar-refractivity contribution is -0.121. The van der Waals surface area contributed by atoms with Gasteiger partial charge in [0.1, 0.15) is 0 Å². The molecule has 2 heterocycles. The Balaban J connectivity index is 1.23. The molecule has 0 aliphatic carbocycles. The van der Waals surface area contributed by atoms with E-state index >= 15 is 0 Å². The Morgan fingerprint density at radius 3 is 2.27 bits per heavy atom. The van der Waals surface area contributed by atoms with Crippen LogP contribution in [0.1, 0.15) is 42.5 Å². The standard InChI is InChI=1S/C28H31N3O2/c32-27(29-25-13-4-5-14-26(25)30-17-6-1-7-18-30)22-15-19-31(20-16-22)28(33)24-12-8-10-21-9-2-3-11-23(21)24/h2-5,8-14,22H,1,6-7,15-20H2,(H,29,32). The summed E-state index contributed by atoms with van der Waals surface area (Å²) in [5, 5.41) is 5.25. The van der Waals surface area contributed by atoms with Gasteiger partial charge in [-0.15, -0.1) is 0 Å². The molecule has 0 aromatic heterocycles. The number of anilines is 2. The van der Waals surface area contributed by atoms with E-state index in [2.05, 4.69) is 16.3 Å². The van der Waals surface area contributed by atoms with Crippen LogP contribution in [0.3, 0.4) is 0 Å². The van der Waals surface area contributed by atoms with E-state index in [1.807, 2.05) is 65.6 Å². The lowest BCUT2D eigenvalue weighted by Gasteiger charge is -2.33. The van der Waals surface area contributed by atoms with Gasteiger partial charge in [0.15, 0.2) is 0 Å². The number of amides is 2. The average molecular weight is 442 g/mol. The van der Waals surface area contributed by atoms with Crippen molar-refractivity contribution in [3.8, 4) is 0 Å². The zero-order chi connectivity index (χ0) is 22.6. The Morgan fingerprint density at radius 1 is 0.758 bits per heavy atom. The third-order valence-corrected chi connectivity index (χ3v) is 7.03. The molecule has 5 heteroatoms. The Kier molecular flexibility index (Phi) is 6.29. The molecule has 170 valence electrons. The Hall–Kier alpha value is -3.34. The number of hydrogen-bond donors (Lipinski definition) is 1. The van der Waals surface area contributed by atoms with Gasteiger partial charge >= 0.3 is 0 Å². The molecule has 2 fully saturated rings. The van der Waals surface area contributed by atoms with Crippen molar-refractivity contribution in [2.45, 2.75) is 32.1 Å². The molecular formula is C28H31N3O2. The fraction of sp³-hybridized carbons (Fsp3) is 0.357. The fourth-order valence-corrected chi connectivity index (χ4v) is 5.15. The smallest absolute Gasteiger partial charge is 0.254 e. The van der Waals surface area contributed by atoms with Crippen LogP contribution in [0, 0.1) is 5.92 Å². The van der Waals surface area contributed by atoms with Gasteiger partial charge in [-0.25, -0.2) is 0 Å². The van der Waals surface area contributed by atoms with Crippen molar-refractivity contribution in [2.75, 3.05) is 36.4 Å². The summed E-state index contributed by atoms with van der Waals surface area (Å²) in [5.41, 5.74) is 2.76. The predicted octanol–water partition coefficient (Wildman–Crippen LogP) is 5.32. The van der Waals surface area contributed by atoms with E-state index in [0.717, 1.165) is 40.8 Å². The summed E-state index contributed by atoms with van der Waals surface area (Å²) in [4.78, 5) is 30.6. The maximum absolute atomic E-state index is 13.2. The number of nitrogens with one attached hydrogen (secondary N) is 1. The number of hydrogen-bond acceptors (Lipinski definition) is 3. The van der Waals surface area contributed by atoms with E-state index in [0.29, 0.717) is 25.9 Å². The summed E-state index contributed by atoms with van der Waals surface area (Å²) in [7, 11) is 0. The van der Waals surface area contributed by atoms with Crippen LogP contribution in [0.15, 0.2) is 66.7 Å². The number of likely N-dealkylation sites (tertiary alicyclic amines) is 1. The van der Waals surface area contributed by atoms with E-state index in [1.54, 1.807) is 0 Å². The average Bonchev–Trinajstić information content (AvgIpc) is 2.89. The van der Waals surface area contributed by atoms with Crippen LogP contribution in [-0.4, -0.2) is 42.9 Å². The van der Waals surface area contributed by atoms with Gasteiger partial charge in [-0.1, -0.05) is 48.5 Å². The van der Waals surface area contributed by atoms with E-state index < -0.39 is 0 Å². The van der Waals surface area contributed by atoms with Gasteiger partial charge in [-0.3, -0.25) is 9.59 Å². The van der Waals surface area contributed by atoms with Crippen molar-refractivity contribution < 1.29 is 9.59 Å². The minimum Gasteiger partial charge on any atom is -0.370 e. The highest BCUT2D eigenvalue weighted by Gasteiger charge is 2.29. The van der Waals surface area contributed by atoms with E-state index in [4.69, 9.17) is 0 Å². The molecule has 2 amide bonds. The quantitative estimate of drug-likeness (QED) is 0.596. The van der Waals surface area contributed by atoms with Gasteiger partial charge in [-0.05, 0) is 61.1 Å². The van der Waals surface area contributed by atoms with Crippen molar-refractivity contribution in [2.24, 2.45) is 5.92 Å². The molecule has 5 nitrogen and oxygen atoms in total. The fourth-order valence-electron chi connectivity index (χ4n) is 5.15. The molecule has 2 aliphatic heterocycles. The Morgan fingerprint density at radius 2 is 1.45 bits per heavy atom. The van der Waals surface area contributed by atoms with Crippen molar-refractivity contribution in [3.63, 3.8) is 0 Å². The molecule has 2 saturated heterocycles. The second-order valence-electron chi connectivity index (χ2n) is 9.15. The van der Waals surface area contributed by atoms with Gasteiger partial charge in [0.05, 0.1) is 11.4 Å². The molecule has 0 bridgehead atoms. The number of piperidine rings is 2. The van der Waals surface area contributed by atoms with Crippen LogP contribution in [0.5, 0.6) is 0 Å². The largest absolute Gasteiger partial charge is 0.370 e. The summed E-state index contributed by atoms with van der Waals surface area (Å²) in [6, 6.07) is 22.0. The normalized spacial score (nSPS) is 17.2. The minimum atomic E-state index is -0.0732. The van der Waals surface area contributed by atoms with Gasteiger partial charge in [0, 0.05) is 37.7 Å². The first-order valence-corrected chi connectivity index (χ1v) is 12.1. The number of nitrogens with zero attached hydrogens (tertiary/aromatic N) is 2. The van der Waals surface area contributed by atoms with E-state index in [1.165, 1.54) is 19.3 Å². The van der Waals surface area contributed by atoms with Gasteiger partial charge < -0.3 is 15.1 Å².